The first-order valence-electron chi connectivity index (χ1n) is 7.03. The second-order valence-electron chi connectivity index (χ2n) is 5.86. The summed E-state index contributed by atoms with van der Waals surface area (Å²) in [7, 11) is 0. The zero-order valence-corrected chi connectivity index (χ0v) is 11.7. The van der Waals surface area contributed by atoms with Crippen LogP contribution in [0.25, 0.3) is 0 Å². The van der Waals surface area contributed by atoms with Crippen molar-refractivity contribution in [2.24, 2.45) is 11.3 Å². The highest BCUT2D eigenvalue weighted by atomic mass is 16.3. The summed E-state index contributed by atoms with van der Waals surface area (Å²) in [6, 6.07) is 10.2. The van der Waals surface area contributed by atoms with Crippen molar-refractivity contribution in [2.75, 3.05) is 6.61 Å². The van der Waals surface area contributed by atoms with Crippen LogP contribution in [0.3, 0.4) is 0 Å². The van der Waals surface area contributed by atoms with Gasteiger partial charge in [-0.3, -0.25) is 4.79 Å². The second-order valence-corrected chi connectivity index (χ2v) is 5.86. The van der Waals surface area contributed by atoms with Gasteiger partial charge in [-0.2, -0.15) is 0 Å². The van der Waals surface area contributed by atoms with Crippen molar-refractivity contribution < 1.29 is 9.90 Å². The number of aliphatic hydroxyl groups is 1. The highest BCUT2D eigenvalue weighted by Crippen LogP contribution is 2.48. The molecule has 1 aromatic carbocycles. The predicted octanol–water partition coefficient (Wildman–Crippen LogP) is 2.14. The van der Waals surface area contributed by atoms with Crippen LogP contribution in [-0.2, 0) is 11.2 Å². The summed E-state index contributed by atoms with van der Waals surface area (Å²) in [4.78, 5) is 12.4. The van der Waals surface area contributed by atoms with E-state index in [1.54, 1.807) is 0 Å². The number of rotatable bonds is 6. The molecule has 0 aliphatic heterocycles. The Morgan fingerprint density at radius 2 is 1.95 bits per heavy atom. The van der Waals surface area contributed by atoms with Crippen molar-refractivity contribution in [3.63, 3.8) is 0 Å². The third kappa shape index (κ3) is 3.35. The van der Waals surface area contributed by atoms with Crippen LogP contribution >= 0.6 is 0 Å². The molecule has 0 heterocycles. The summed E-state index contributed by atoms with van der Waals surface area (Å²) in [6.45, 7) is 4.01. The normalized spacial score (nSPS) is 19.5. The van der Waals surface area contributed by atoms with E-state index in [1.807, 2.05) is 32.0 Å². The topological polar surface area (TPSA) is 49.3 Å². The van der Waals surface area contributed by atoms with Gasteiger partial charge in [-0.15, -0.1) is 0 Å². The molecule has 2 atom stereocenters. The van der Waals surface area contributed by atoms with Crippen LogP contribution < -0.4 is 5.32 Å². The van der Waals surface area contributed by atoms with Crippen molar-refractivity contribution in [3.05, 3.63) is 35.9 Å². The molecule has 3 heteroatoms. The van der Waals surface area contributed by atoms with Crippen LogP contribution in [0.15, 0.2) is 30.3 Å². The minimum absolute atomic E-state index is 0.0192. The lowest BCUT2D eigenvalue weighted by molar-refractivity contribution is -0.127. The Labute approximate surface area is 115 Å². The third-order valence-electron chi connectivity index (χ3n) is 4.22. The van der Waals surface area contributed by atoms with Gasteiger partial charge in [0.2, 0.25) is 5.91 Å². The van der Waals surface area contributed by atoms with Gasteiger partial charge in [0.1, 0.15) is 0 Å². The van der Waals surface area contributed by atoms with Gasteiger partial charge in [-0.1, -0.05) is 37.3 Å². The average Bonchev–Trinajstić information content (AvgIpc) is 3.19. The number of aliphatic hydroxyl groups excluding tert-OH is 1. The summed E-state index contributed by atoms with van der Waals surface area (Å²) < 4.78 is 0. The Bertz CT molecular complexity index is 426. The summed E-state index contributed by atoms with van der Waals surface area (Å²) >= 11 is 0. The van der Waals surface area contributed by atoms with Crippen LogP contribution in [-0.4, -0.2) is 23.7 Å². The number of benzene rings is 1. The van der Waals surface area contributed by atoms with Crippen LogP contribution in [0, 0.1) is 11.3 Å². The molecule has 3 nitrogen and oxygen atoms in total. The first-order chi connectivity index (χ1) is 9.07. The van der Waals surface area contributed by atoms with Crippen molar-refractivity contribution in [1.29, 1.82) is 0 Å². The SMILES string of the molecule is CC(CO)C(C)NC(=O)C1(Cc2ccccc2)CC1. The minimum Gasteiger partial charge on any atom is -0.396 e. The lowest BCUT2D eigenvalue weighted by Gasteiger charge is -2.23. The van der Waals surface area contributed by atoms with Crippen molar-refractivity contribution in [1.82, 2.24) is 5.32 Å². The van der Waals surface area contributed by atoms with E-state index in [9.17, 15) is 4.79 Å². The number of carbonyl (C=O) groups is 1. The Hall–Kier alpha value is -1.35. The van der Waals surface area contributed by atoms with E-state index in [0.717, 1.165) is 19.3 Å². The van der Waals surface area contributed by atoms with Gasteiger partial charge >= 0.3 is 0 Å². The number of hydrogen-bond acceptors (Lipinski definition) is 2. The largest absolute Gasteiger partial charge is 0.396 e. The maximum Gasteiger partial charge on any atom is 0.226 e. The molecule has 104 valence electrons. The van der Waals surface area contributed by atoms with E-state index in [4.69, 9.17) is 5.11 Å². The molecule has 1 amide bonds. The van der Waals surface area contributed by atoms with Crippen LogP contribution in [0.4, 0.5) is 0 Å². The zero-order valence-electron chi connectivity index (χ0n) is 11.7. The molecular formula is C16H23NO2. The molecule has 1 fully saturated rings. The standard InChI is InChI=1S/C16H23NO2/c1-12(11-18)13(2)17-15(19)16(8-9-16)10-14-6-4-3-5-7-14/h3-7,12-13,18H,8-11H2,1-2H3,(H,17,19). The zero-order chi connectivity index (χ0) is 13.9. The molecule has 0 bridgehead atoms. The Kier molecular flexibility index (Phi) is 4.25. The maximum atomic E-state index is 12.4. The van der Waals surface area contributed by atoms with Gasteiger partial charge in [-0.05, 0) is 37.7 Å². The fourth-order valence-corrected chi connectivity index (χ4v) is 2.28. The molecular weight excluding hydrogens is 238 g/mol. The van der Waals surface area contributed by atoms with Gasteiger partial charge < -0.3 is 10.4 Å². The van der Waals surface area contributed by atoms with E-state index in [-0.39, 0.29) is 29.9 Å². The molecule has 19 heavy (non-hydrogen) atoms. The van der Waals surface area contributed by atoms with Gasteiger partial charge in [0.15, 0.2) is 0 Å². The van der Waals surface area contributed by atoms with Crippen LogP contribution in [0.5, 0.6) is 0 Å². The fraction of sp³-hybridized carbons (Fsp3) is 0.562. The van der Waals surface area contributed by atoms with E-state index >= 15 is 0 Å². The first-order valence-corrected chi connectivity index (χ1v) is 7.03. The monoisotopic (exact) mass is 261 g/mol. The molecule has 1 aliphatic rings. The van der Waals surface area contributed by atoms with E-state index in [0.29, 0.717) is 0 Å². The molecule has 1 aromatic rings. The van der Waals surface area contributed by atoms with Gasteiger partial charge in [0.25, 0.3) is 0 Å². The van der Waals surface area contributed by atoms with Gasteiger partial charge in [0, 0.05) is 12.6 Å². The van der Waals surface area contributed by atoms with E-state index in [1.165, 1.54) is 5.56 Å². The molecule has 1 saturated carbocycles. The van der Waals surface area contributed by atoms with Crippen LogP contribution in [0.2, 0.25) is 0 Å². The number of carbonyl (C=O) groups excluding carboxylic acids is 1. The van der Waals surface area contributed by atoms with Crippen molar-refractivity contribution >= 4 is 5.91 Å². The molecule has 0 saturated heterocycles. The first kappa shape index (κ1) is 14.1. The molecule has 2 N–H and O–H groups in total. The molecule has 2 unspecified atom stereocenters. The summed E-state index contributed by atoms with van der Waals surface area (Å²) in [5.74, 6) is 0.237. The molecule has 0 spiro atoms. The number of amides is 1. The Balaban J connectivity index is 1.95. The van der Waals surface area contributed by atoms with E-state index < -0.39 is 0 Å². The molecule has 2 rings (SSSR count). The van der Waals surface area contributed by atoms with Crippen molar-refractivity contribution in [3.8, 4) is 0 Å². The predicted molar refractivity (Wildman–Crippen MR) is 75.7 cm³/mol. The smallest absolute Gasteiger partial charge is 0.226 e. The van der Waals surface area contributed by atoms with E-state index in [2.05, 4.69) is 17.4 Å². The lowest BCUT2D eigenvalue weighted by Crippen LogP contribution is -2.43. The second kappa shape index (κ2) is 5.74. The maximum absolute atomic E-state index is 12.4. The highest BCUT2D eigenvalue weighted by Gasteiger charge is 2.49. The molecule has 0 aromatic heterocycles. The third-order valence-corrected chi connectivity index (χ3v) is 4.22. The number of hydrogen-bond donors (Lipinski definition) is 2. The van der Waals surface area contributed by atoms with Gasteiger partial charge in [0.05, 0.1) is 5.41 Å². The quantitative estimate of drug-likeness (QED) is 0.824. The molecule has 1 aliphatic carbocycles. The van der Waals surface area contributed by atoms with Gasteiger partial charge in [-0.25, -0.2) is 0 Å². The van der Waals surface area contributed by atoms with Crippen LogP contribution in [0.1, 0.15) is 32.3 Å². The Morgan fingerprint density at radius 1 is 1.32 bits per heavy atom. The lowest BCUT2D eigenvalue weighted by atomic mass is 9.94. The number of nitrogens with one attached hydrogen (secondary N) is 1. The van der Waals surface area contributed by atoms with Crippen molar-refractivity contribution in [2.45, 2.75) is 39.2 Å². The highest BCUT2D eigenvalue weighted by molar-refractivity contribution is 5.85. The molecule has 0 radical (unpaired) electrons. The average molecular weight is 261 g/mol. The Morgan fingerprint density at radius 3 is 2.47 bits per heavy atom. The summed E-state index contributed by atoms with van der Waals surface area (Å²) in [5, 5.41) is 12.2. The fourth-order valence-electron chi connectivity index (χ4n) is 2.28. The minimum atomic E-state index is -0.204. The summed E-state index contributed by atoms with van der Waals surface area (Å²) in [5.41, 5.74) is 1.02. The summed E-state index contributed by atoms with van der Waals surface area (Å²) in [6.07, 6.45) is 2.75.